The summed E-state index contributed by atoms with van der Waals surface area (Å²) in [4.78, 5) is 0. The maximum Gasteiger partial charge on any atom is 0.119 e. The molecule has 11 heavy (non-hydrogen) atoms. The van der Waals surface area contributed by atoms with Crippen LogP contribution in [0.2, 0.25) is 5.21 Å². The van der Waals surface area contributed by atoms with Gasteiger partial charge in [0.1, 0.15) is 7.85 Å². The number of hydrogen-bond acceptors (Lipinski definition) is 1. The van der Waals surface area contributed by atoms with Crippen LogP contribution in [0, 0.1) is 0 Å². The lowest BCUT2D eigenvalue weighted by Gasteiger charge is -2.36. The van der Waals surface area contributed by atoms with Gasteiger partial charge in [0.25, 0.3) is 0 Å². The van der Waals surface area contributed by atoms with E-state index in [0.717, 1.165) is 0 Å². The highest BCUT2D eigenvalue weighted by Gasteiger charge is 2.34. The fourth-order valence-electron chi connectivity index (χ4n) is 0.606. The molecule has 0 heterocycles. The van der Waals surface area contributed by atoms with Crippen molar-refractivity contribution in [2.45, 2.75) is 30.5 Å². The lowest BCUT2D eigenvalue weighted by molar-refractivity contribution is 0.232. The monoisotopic (exact) mass is 166 g/mol. The zero-order chi connectivity index (χ0) is 9.12. The van der Waals surface area contributed by atoms with Gasteiger partial charge >= 0.3 is 0 Å². The van der Waals surface area contributed by atoms with Gasteiger partial charge in [0.15, 0.2) is 0 Å². The molecule has 0 aromatic rings. The van der Waals surface area contributed by atoms with E-state index in [1.165, 1.54) is 6.92 Å². The lowest BCUT2D eigenvalue weighted by atomic mass is 9.42. The quantitative estimate of drug-likeness (QED) is 0.467. The van der Waals surface area contributed by atoms with Crippen LogP contribution in [0.1, 0.15) is 19.8 Å². The van der Waals surface area contributed by atoms with Crippen LogP contribution in [0.5, 0.6) is 0 Å². The molecule has 0 aromatic carbocycles. The molecule has 0 aliphatic carbocycles. The maximum atomic E-state index is 13.3. The van der Waals surface area contributed by atoms with Gasteiger partial charge in [-0.15, -0.1) is 0 Å². The second kappa shape index (κ2) is 3.93. The van der Waals surface area contributed by atoms with Crippen LogP contribution in [0.3, 0.4) is 0 Å². The summed E-state index contributed by atoms with van der Waals surface area (Å²) < 4.78 is 13.3. The van der Waals surface area contributed by atoms with Gasteiger partial charge in [-0.1, -0.05) is 12.1 Å². The molecule has 6 radical (unpaired) electrons. The van der Waals surface area contributed by atoms with E-state index in [1.807, 2.05) is 0 Å². The number of alkyl halides is 1. The van der Waals surface area contributed by atoms with Gasteiger partial charge in [-0.05, 0) is 18.6 Å². The molecule has 0 saturated carbocycles. The summed E-state index contributed by atoms with van der Waals surface area (Å²) >= 11 is 3.92. The van der Waals surface area contributed by atoms with Gasteiger partial charge in [-0.2, -0.15) is 12.6 Å². The fourth-order valence-corrected chi connectivity index (χ4v) is 0.764. The molecule has 0 fully saturated rings. The molecule has 0 aromatic heterocycles. The Hall–Kier alpha value is 0.475. The largest absolute Gasteiger partial charge is 0.256 e. The summed E-state index contributed by atoms with van der Waals surface area (Å²) in [5.74, 6) is 0.582. The molecule has 1 atom stereocenters. The third-order valence-corrected chi connectivity index (χ3v) is 1.91. The Kier molecular flexibility index (Phi) is 4.10. The molecular formula is C6H10B3FS. The summed E-state index contributed by atoms with van der Waals surface area (Å²) in [5.41, 5.74) is -2.00. The number of thiol groups is 1. The van der Waals surface area contributed by atoms with E-state index in [4.69, 9.17) is 23.5 Å². The minimum atomic E-state index is -2.00. The van der Waals surface area contributed by atoms with E-state index < -0.39 is 10.8 Å². The molecule has 0 saturated heterocycles. The summed E-state index contributed by atoms with van der Waals surface area (Å²) in [6.07, 6.45) is 0.708. The normalized spacial score (nSPS) is 17.7. The predicted molar refractivity (Wildman–Crippen MR) is 52.6 cm³/mol. The predicted octanol–water partition coefficient (Wildman–Crippen LogP) is 1.00. The van der Waals surface area contributed by atoms with Gasteiger partial charge in [-0.3, -0.25) is 4.39 Å². The SMILES string of the molecule is [B]C([B])(C)C([B])(F)CCCS. The first-order valence-corrected chi connectivity index (χ1v) is 4.11. The highest BCUT2D eigenvalue weighted by molar-refractivity contribution is 7.80. The van der Waals surface area contributed by atoms with Crippen molar-refractivity contribution in [1.82, 2.24) is 0 Å². The van der Waals surface area contributed by atoms with Gasteiger partial charge in [-0.25, -0.2) is 0 Å². The molecule has 0 N–H and O–H groups in total. The van der Waals surface area contributed by atoms with Crippen molar-refractivity contribution in [3.8, 4) is 0 Å². The van der Waals surface area contributed by atoms with Crippen LogP contribution in [-0.2, 0) is 0 Å². The Morgan fingerprint density at radius 3 is 2.09 bits per heavy atom. The average Bonchev–Trinajstić information content (AvgIpc) is 1.81. The molecule has 0 nitrogen and oxygen atoms in total. The molecule has 0 aliphatic heterocycles. The lowest BCUT2D eigenvalue weighted by Crippen LogP contribution is -2.38. The van der Waals surface area contributed by atoms with Crippen molar-refractivity contribution in [3.05, 3.63) is 0 Å². The van der Waals surface area contributed by atoms with Crippen molar-refractivity contribution >= 4 is 36.2 Å². The molecule has 5 heteroatoms. The zero-order valence-electron chi connectivity index (χ0n) is 6.68. The number of rotatable bonds is 4. The highest BCUT2D eigenvalue weighted by atomic mass is 32.1. The second-order valence-electron chi connectivity index (χ2n) is 2.97. The highest BCUT2D eigenvalue weighted by Crippen LogP contribution is 2.36. The third-order valence-electron chi connectivity index (χ3n) is 1.59. The van der Waals surface area contributed by atoms with Gasteiger partial charge in [0.05, 0.1) is 21.3 Å². The van der Waals surface area contributed by atoms with Gasteiger partial charge in [0.2, 0.25) is 0 Å². The van der Waals surface area contributed by atoms with Crippen LogP contribution in [-0.4, -0.2) is 34.9 Å². The molecule has 0 aliphatic rings. The standard InChI is InChI=1S/C6H10B3FS/c1-5(7,8)6(9,10)3-2-4-11/h11H,2-4H2,1H3. The summed E-state index contributed by atoms with van der Waals surface area (Å²) in [6.45, 7) is 1.37. The fraction of sp³-hybridized carbons (Fsp3) is 1.00. The molecule has 56 valence electrons. The van der Waals surface area contributed by atoms with Crippen LogP contribution in [0.4, 0.5) is 4.39 Å². The Morgan fingerprint density at radius 2 is 1.82 bits per heavy atom. The maximum absolute atomic E-state index is 13.3. The number of halogens is 1. The van der Waals surface area contributed by atoms with Crippen molar-refractivity contribution < 1.29 is 4.39 Å². The van der Waals surface area contributed by atoms with Gasteiger partial charge in [0, 0.05) is 0 Å². The average molecular weight is 166 g/mol. The summed E-state index contributed by atoms with van der Waals surface area (Å²) in [7, 11) is 15.8. The van der Waals surface area contributed by atoms with E-state index in [9.17, 15) is 4.39 Å². The summed E-state index contributed by atoms with van der Waals surface area (Å²) in [6, 6.07) is 0. The molecular weight excluding hydrogens is 156 g/mol. The van der Waals surface area contributed by atoms with Gasteiger partial charge < -0.3 is 0 Å². The van der Waals surface area contributed by atoms with Crippen LogP contribution < -0.4 is 0 Å². The first kappa shape index (κ1) is 11.5. The smallest absolute Gasteiger partial charge is 0.119 e. The van der Waals surface area contributed by atoms with E-state index in [-0.39, 0.29) is 6.42 Å². The van der Waals surface area contributed by atoms with Crippen molar-refractivity contribution in [3.63, 3.8) is 0 Å². The van der Waals surface area contributed by atoms with Crippen molar-refractivity contribution in [1.29, 1.82) is 0 Å². The summed E-state index contributed by atoms with van der Waals surface area (Å²) in [5, 5.41) is -1.48. The minimum absolute atomic E-state index is 0.139. The molecule has 0 bridgehead atoms. The Bertz CT molecular complexity index is 121. The minimum Gasteiger partial charge on any atom is -0.256 e. The van der Waals surface area contributed by atoms with E-state index in [0.29, 0.717) is 12.2 Å². The molecule has 0 amide bonds. The topological polar surface area (TPSA) is 0 Å². The Labute approximate surface area is 77.3 Å². The first-order valence-electron chi connectivity index (χ1n) is 3.47. The third kappa shape index (κ3) is 3.59. The second-order valence-corrected chi connectivity index (χ2v) is 3.42. The van der Waals surface area contributed by atoms with E-state index in [1.54, 1.807) is 0 Å². The van der Waals surface area contributed by atoms with Crippen LogP contribution in [0.25, 0.3) is 0 Å². The molecule has 0 rings (SSSR count). The van der Waals surface area contributed by atoms with Crippen molar-refractivity contribution in [2.24, 2.45) is 0 Å². The molecule has 0 spiro atoms. The van der Waals surface area contributed by atoms with Crippen LogP contribution >= 0.6 is 12.6 Å². The van der Waals surface area contributed by atoms with E-state index >= 15 is 0 Å². The zero-order valence-corrected chi connectivity index (χ0v) is 7.57. The number of hydrogen-bond donors (Lipinski definition) is 1. The molecule has 1 unspecified atom stereocenters. The Morgan fingerprint density at radius 1 is 1.36 bits per heavy atom. The van der Waals surface area contributed by atoms with Crippen LogP contribution in [0.15, 0.2) is 0 Å². The Balaban J connectivity index is 4.00. The van der Waals surface area contributed by atoms with Crippen molar-refractivity contribution in [2.75, 3.05) is 5.75 Å². The first-order chi connectivity index (χ1) is 4.81. The van der Waals surface area contributed by atoms with E-state index in [2.05, 4.69) is 12.6 Å².